The fourth-order valence-corrected chi connectivity index (χ4v) is 2.26. The number of alkyl halides is 1. The molecule has 4 heteroatoms. The third-order valence-corrected chi connectivity index (χ3v) is 3.38. The Balaban J connectivity index is 1.89. The van der Waals surface area contributed by atoms with Crippen molar-refractivity contribution in [2.45, 2.75) is 12.0 Å². The molecule has 0 spiro atoms. The third-order valence-electron chi connectivity index (χ3n) is 3.01. The van der Waals surface area contributed by atoms with Crippen LogP contribution in [-0.4, -0.2) is 38.8 Å². The number of para-hydroxylation sites is 1. The van der Waals surface area contributed by atoms with Crippen molar-refractivity contribution in [3.05, 3.63) is 29.8 Å². The van der Waals surface area contributed by atoms with Gasteiger partial charge < -0.3 is 14.8 Å². The molecule has 1 aromatic carbocycles. The predicted molar refractivity (Wildman–Crippen MR) is 69.1 cm³/mol. The van der Waals surface area contributed by atoms with Gasteiger partial charge in [-0.15, -0.1) is 11.6 Å². The van der Waals surface area contributed by atoms with Crippen molar-refractivity contribution in [2.75, 3.05) is 32.7 Å². The summed E-state index contributed by atoms with van der Waals surface area (Å²) in [6.07, 6.45) is 0. The second kappa shape index (κ2) is 6.24. The molecule has 3 nitrogen and oxygen atoms in total. The summed E-state index contributed by atoms with van der Waals surface area (Å²) >= 11 is 5.86. The molecule has 1 heterocycles. The second-order valence-corrected chi connectivity index (χ2v) is 4.57. The maximum atomic E-state index is 5.86. The largest absolute Gasteiger partial charge is 0.493 e. The fraction of sp³-hybridized carbons (Fsp3) is 0.538. The standard InChI is InChI=1S/C13H18ClNO2/c1-16-9-11(6-14)15-7-10-8-17-13-5-3-2-4-12(10)13/h2-5,10-11,15H,6-9H2,1H3. The smallest absolute Gasteiger partial charge is 0.122 e. The van der Waals surface area contributed by atoms with E-state index in [4.69, 9.17) is 21.1 Å². The molecule has 17 heavy (non-hydrogen) atoms. The van der Waals surface area contributed by atoms with Crippen LogP contribution in [0.4, 0.5) is 0 Å². The molecule has 1 N–H and O–H groups in total. The topological polar surface area (TPSA) is 30.5 Å². The Morgan fingerprint density at radius 1 is 1.53 bits per heavy atom. The number of fused-ring (bicyclic) bond motifs is 1. The zero-order chi connectivity index (χ0) is 12.1. The van der Waals surface area contributed by atoms with Gasteiger partial charge in [0, 0.05) is 37.1 Å². The van der Waals surface area contributed by atoms with Crippen LogP contribution < -0.4 is 10.1 Å². The van der Waals surface area contributed by atoms with Gasteiger partial charge >= 0.3 is 0 Å². The number of halogens is 1. The highest BCUT2D eigenvalue weighted by Crippen LogP contribution is 2.32. The Labute approximate surface area is 107 Å². The van der Waals surface area contributed by atoms with Crippen molar-refractivity contribution in [1.29, 1.82) is 0 Å². The van der Waals surface area contributed by atoms with E-state index < -0.39 is 0 Å². The van der Waals surface area contributed by atoms with Gasteiger partial charge in [-0.2, -0.15) is 0 Å². The molecule has 0 fully saturated rings. The van der Waals surface area contributed by atoms with Crippen LogP contribution in [0.2, 0.25) is 0 Å². The Morgan fingerprint density at radius 3 is 3.12 bits per heavy atom. The Kier molecular flexibility index (Phi) is 4.66. The Hall–Kier alpha value is -0.770. The van der Waals surface area contributed by atoms with Gasteiger partial charge in [-0.1, -0.05) is 18.2 Å². The summed E-state index contributed by atoms with van der Waals surface area (Å²) in [4.78, 5) is 0. The zero-order valence-corrected chi connectivity index (χ0v) is 10.7. The van der Waals surface area contributed by atoms with Gasteiger partial charge in [0.2, 0.25) is 0 Å². The van der Waals surface area contributed by atoms with E-state index in [-0.39, 0.29) is 6.04 Å². The quantitative estimate of drug-likeness (QED) is 0.789. The molecule has 0 bridgehead atoms. The normalized spacial score (nSPS) is 19.8. The van der Waals surface area contributed by atoms with Gasteiger partial charge in [-0.25, -0.2) is 0 Å². The van der Waals surface area contributed by atoms with Gasteiger partial charge in [0.15, 0.2) is 0 Å². The molecule has 1 aliphatic rings. The maximum absolute atomic E-state index is 5.86. The summed E-state index contributed by atoms with van der Waals surface area (Å²) in [6.45, 7) is 2.25. The van der Waals surface area contributed by atoms with E-state index in [9.17, 15) is 0 Å². The number of benzene rings is 1. The minimum Gasteiger partial charge on any atom is -0.493 e. The number of methoxy groups -OCH3 is 1. The number of nitrogens with one attached hydrogen (secondary N) is 1. The number of rotatable bonds is 6. The molecule has 0 aromatic heterocycles. The molecule has 0 aliphatic carbocycles. The molecule has 1 aromatic rings. The lowest BCUT2D eigenvalue weighted by molar-refractivity contribution is 0.171. The Bertz CT molecular complexity index is 359. The predicted octanol–water partition coefficient (Wildman–Crippen LogP) is 2.01. The summed E-state index contributed by atoms with van der Waals surface area (Å²) in [5, 5.41) is 3.42. The van der Waals surface area contributed by atoms with Crippen molar-refractivity contribution in [1.82, 2.24) is 5.32 Å². The second-order valence-electron chi connectivity index (χ2n) is 4.26. The van der Waals surface area contributed by atoms with E-state index in [1.807, 2.05) is 12.1 Å². The highest BCUT2D eigenvalue weighted by atomic mass is 35.5. The highest BCUT2D eigenvalue weighted by molar-refractivity contribution is 6.18. The van der Waals surface area contributed by atoms with Gasteiger partial charge in [0.1, 0.15) is 5.75 Å². The molecule has 2 rings (SSSR count). The number of hydrogen-bond donors (Lipinski definition) is 1. The van der Waals surface area contributed by atoms with Crippen LogP contribution in [-0.2, 0) is 4.74 Å². The third kappa shape index (κ3) is 3.12. The molecule has 0 amide bonds. The van der Waals surface area contributed by atoms with Crippen LogP contribution in [0.15, 0.2) is 24.3 Å². The molecule has 94 valence electrons. The van der Waals surface area contributed by atoms with Crippen LogP contribution in [0.3, 0.4) is 0 Å². The molecule has 0 radical (unpaired) electrons. The summed E-state index contributed by atoms with van der Waals surface area (Å²) in [6, 6.07) is 8.40. The lowest BCUT2D eigenvalue weighted by atomic mass is 10.0. The van der Waals surface area contributed by atoms with Gasteiger partial charge in [-0.3, -0.25) is 0 Å². The highest BCUT2D eigenvalue weighted by Gasteiger charge is 2.23. The average molecular weight is 256 g/mol. The van der Waals surface area contributed by atoms with E-state index in [2.05, 4.69) is 17.4 Å². The molecule has 0 saturated carbocycles. The van der Waals surface area contributed by atoms with Gasteiger partial charge in [0.25, 0.3) is 0 Å². The summed E-state index contributed by atoms with van der Waals surface area (Å²) in [5.74, 6) is 1.98. The van der Waals surface area contributed by atoms with E-state index in [0.717, 1.165) is 18.9 Å². The minimum atomic E-state index is 0.203. The molecule has 2 unspecified atom stereocenters. The molecule has 0 saturated heterocycles. The minimum absolute atomic E-state index is 0.203. The molecular weight excluding hydrogens is 238 g/mol. The first kappa shape index (κ1) is 12.7. The van der Waals surface area contributed by atoms with Crippen molar-refractivity contribution < 1.29 is 9.47 Å². The zero-order valence-electron chi connectivity index (χ0n) is 9.99. The van der Waals surface area contributed by atoms with Crippen LogP contribution in [0.5, 0.6) is 5.75 Å². The average Bonchev–Trinajstić information content (AvgIpc) is 2.78. The van der Waals surface area contributed by atoms with Crippen molar-refractivity contribution in [2.24, 2.45) is 0 Å². The van der Waals surface area contributed by atoms with Gasteiger partial charge in [0.05, 0.1) is 13.2 Å². The van der Waals surface area contributed by atoms with E-state index in [1.54, 1.807) is 7.11 Å². The maximum Gasteiger partial charge on any atom is 0.122 e. The monoisotopic (exact) mass is 255 g/mol. The van der Waals surface area contributed by atoms with Crippen molar-refractivity contribution >= 4 is 11.6 Å². The Morgan fingerprint density at radius 2 is 2.35 bits per heavy atom. The van der Waals surface area contributed by atoms with Gasteiger partial charge in [-0.05, 0) is 6.07 Å². The van der Waals surface area contributed by atoms with Crippen LogP contribution >= 0.6 is 11.6 Å². The first-order valence-corrected chi connectivity index (χ1v) is 6.38. The van der Waals surface area contributed by atoms with E-state index >= 15 is 0 Å². The molecule has 1 aliphatic heterocycles. The summed E-state index contributed by atoms with van der Waals surface area (Å²) in [5.41, 5.74) is 1.28. The van der Waals surface area contributed by atoms with Crippen molar-refractivity contribution in [3.63, 3.8) is 0 Å². The van der Waals surface area contributed by atoms with Crippen LogP contribution in [0.1, 0.15) is 11.5 Å². The number of hydrogen-bond acceptors (Lipinski definition) is 3. The summed E-state index contributed by atoms with van der Waals surface area (Å²) < 4.78 is 10.7. The molecule has 2 atom stereocenters. The molecular formula is C13H18ClNO2. The van der Waals surface area contributed by atoms with Crippen LogP contribution in [0, 0.1) is 0 Å². The van der Waals surface area contributed by atoms with E-state index in [1.165, 1.54) is 5.56 Å². The van der Waals surface area contributed by atoms with Crippen LogP contribution in [0.25, 0.3) is 0 Å². The number of ether oxygens (including phenoxy) is 2. The van der Waals surface area contributed by atoms with E-state index in [0.29, 0.717) is 18.4 Å². The fourth-order valence-electron chi connectivity index (χ4n) is 2.07. The lowest BCUT2D eigenvalue weighted by Gasteiger charge is -2.17. The first-order valence-electron chi connectivity index (χ1n) is 5.85. The summed E-state index contributed by atoms with van der Waals surface area (Å²) in [7, 11) is 1.69. The first-order chi connectivity index (χ1) is 8.35. The SMILES string of the molecule is COCC(CCl)NCC1COc2ccccc21. The van der Waals surface area contributed by atoms with Crippen molar-refractivity contribution in [3.8, 4) is 5.75 Å². The lowest BCUT2D eigenvalue weighted by Crippen LogP contribution is -2.37.